The summed E-state index contributed by atoms with van der Waals surface area (Å²) in [6.45, 7) is 6.53. The number of unbranched alkanes of at least 4 members (excludes halogenated alkanes) is 5. The SMILES string of the molecule is CC(C)OS(=O)(=O)[O-].CCCCCCCC[N+](C)(C)C. The van der Waals surface area contributed by atoms with E-state index in [9.17, 15) is 13.0 Å². The van der Waals surface area contributed by atoms with Crippen LogP contribution in [-0.2, 0) is 14.6 Å². The fraction of sp³-hybridized carbons (Fsp3) is 1.00. The second kappa shape index (κ2) is 11.5. The molecule has 0 saturated heterocycles. The Morgan fingerprint density at radius 2 is 1.45 bits per heavy atom. The van der Waals surface area contributed by atoms with Crippen molar-refractivity contribution in [1.29, 1.82) is 0 Å². The molecule has 0 radical (unpaired) electrons. The van der Waals surface area contributed by atoms with Crippen molar-refractivity contribution in [2.75, 3.05) is 27.7 Å². The molecule has 0 aliphatic rings. The van der Waals surface area contributed by atoms with Crippen LogP contribution >= 0.6 is 0 Å². The summed E-state index contributed by atoms with van der Waals surface area (Å²) in [5.74, 6) is 0. The molecule has 0 bridgehead atoms. The van der Waals surface area contributed by atoms with E-state index in [0.717, 1.165) is 4.48 Å². The van der Waals surface area contributed by atoms with Gasteiger partial charge in [0.1, 0.15) is 0 Å². The highest BCUT2D eigenvalue weighted by Gasteiger charge is 2.04. The van der Waals surface area contributed by atoms with Crippen molar-refractivity contribution in [2.45, 2.75) is 65.4 Å². The van der Waals surface area contributed by atoms with E-state index < -0.39 is 16.5 Å². The Labute approximate surface area is 125 Å². The zero-order chi connectivity index (χ0) is 16.2. The lowest BCUT2D eigenvalue weighted by Crippen LogP contribution is -2.35. The first-order chi connectivity index (χ1) is 8.98. The maximum atomic E-state index is 9.66. The van der Waals surface area contributed by atoms with Crippen molar-refractivity contribution >= 4 is 10.4 Å². The third-order valence-electron chi connectivity index (χ3n) is 2.49. The van der Waals surface area contributed by atoms with Gasteiger partial charge in [-0.3, -0.25) is 4.18 Å². The molecule has 0 heterocycles. The Morgan fingerprint density at radius 3 is 1.75 bits per heavy atom. The minimum Gasteiger partial charge on any atom is -0.726 e. The summed E-state index contributed by atoms with van der Waals surface area (Å²) in [5.41, 5.74) is 0. The van der Waals surface area contributed by atoms with Crippen molar-refractivity contribution in [2.24, 2.45) is 0 Å². The van der Waals surface area contributed by atoms with Crippen LogP contribution in [0.3, 0.4) is 0 Å². The van der Waals surface area contributed by atoms with Crippen molar-refractivity contribution < 1.29 is 21.6 Å². The summed E-state index contributed by atoms with van der Waals surface area (Å²) < 4.78 is 34.0. The first kappa shape index (κ1) is 22.1. The maximum absolute atomic E-state index is 9.66. The van der Waals surface area contributed by atoms with Gasteiger partial charge in [-0.1, -0.05) is 32.6 Å². The molecule has 5 nitrogen and oxygen atoms in total. The largest absolute Gasteiger partial charge is 0.726 e. The van der Waals surface area contributed by atoms with Gasteiger partial charge in [-0.25, -0.2) is 8.42 Å². The van der Waals surface area contributed by atoms with E-state index in [1.54, 1.807) is 0 Å². The summed E-state index contributed by atoms with van der Waals surface area (Å²) in [6.07, 6.45) is 7.92. The summed E-state index contributed by atoms with van der Waals surface area (Å²) >= 11 is 0. The average molecular weight is 311 g/mol. The van der Waals surface area contributed by atoms with E-state index in [1.807, 2.05) is 0 Å². The number of quaternary nitrogens is 1. The summed E-state index contributed by atoms with van der Waals surface area (Å²) in [4.78, 5) is 0. The minimum absolute atomic E-state index is 0.558. The highest BCUT2D eigenvalue weighted by Crippen LogP contribution is 2.06. The molecular weight excluding hydrogens is 278 g/mol. The lowest BCUT2D eigenvalue weighted by molar-refractivity contribution is -0.870. The minimum atomic E-state index is -4.47. The van der Waals surface area contributed by atoms with Gasteiger partial charge in [-0.05, 0) is 26.7 Å². The molecule has 0 fully saturated rings. The van der Waals surface area contributed by atoms with E-state index in [2.05, 4.69) is 32.2 Å². The summed E-state index contributed by atoms with van der Waals surface area (Å²) in [5, 5.41) is 0. The molecule has 0 saturated carbocycles. The van der Waals surface area contributed by atoms with Gasteiger partial charge < -0.3 is 9.04 Å². The molecular formula is C14H33NO4S. The van der Waals surface area contributed by atoms with Crippen LogP contribution in [0, 0.1) is 0 Å². The summed E-state index contributed by atoms with van der Waals surface area (Å²) in [7, 11) is 2.34. The Morgan fingerprint density at radius 1 is 1.00 bits per heavy atom. The first-order valence-electron chi connectivity index (χ1n) is 7.42. The van der Waals surface area contributed by atoms with Crippen LogP contribution in [0.25, 0.3) is 0 Å². The van der Waals surface area contributed by atoms with Crippen LogP contribution in [-0.4, -0.2) is 51.2 Å². The lowest BCUT2D eigenvalue weighted by atomic mass is 10.1. The zero-order valence-corrected chi connectivity index (χ0v) is 14.8. The van der Waals surface area contributed by atoms with Gasteiger partial charge in [-0.2, -0.15) is 0 Å². The fourth-order valence-corrected chi connectivity index (χ4v) is 2.07. The number of nitrogens with zero attached hydrogens (tertiary/aromatic N) is 1. The van der Waals surface area contributed by atoms with E-state index >= 15 is 0 Å². The molecule has 6 heteroatoms. The molecule has 0 atom stereocenters. The van der Waals surface area contributed by atoms with Crippen LogP contribution in [0.15, 0.2) is 0 Å². The van der Waals surface area contributed by atoms with Gasteiger partial charge in [0.15, 0.2) is 0 Å². The van der Waals surface area contributed by atoms with Crippen LogP contribution in [0.5, 0.6) is 0 Å². The number of rotatable bonds is 9. The van der Waals surface area contributed by atoms with Gasteiger partial charge in [-0.15, -0.1) is 0 Å². The van der Waals surface area contributed by atoms with E-state index in [1.165, 1.54) is 58.9 Å². The highest BCUT2D eigenvalue weighted by molar-refractivity contribution is 7.80. The molecule has 0 aromatic rings. The third kappa shape index (κ3) is 26.4. The van der Waals surface area contributed by atoms with Gasteiger partial charge in [0, 0.05) is 0 Å². The molecule has 0 spiro atoms. The van der Waals surface area contributed by atoms with E-state index in [0.29, 0.717) is 0 Å². The van der Waals surface area contributed by atoms with Crippen molar-refractivity contribution in [1.82, 2.24) is 0 Å². The fourth-order valence-electron chi connectivity index (χ4n) is 1.60. The molecule has 0 aromatic carbocycles. The topological polar surface area (TPSA) is 66.4 Å². The molecule has 0 rings (SSSR count). The molecule has 0 aromatic heterocycles. The van der Waals surface area contributed by atoms with E-state index in [4.69, 9.17) is 0 Å². The third-order valence-corrected chi connectivity index (χ3v) is 3.11. The lowest BCUT2D eigenvalue weighted by Gasteiger charge is -2.23. The average Bonchev–Trinajstić information content (AvgIpc) is 2.19. The Bertz CT molecular complexity index is 308. The molecule has 20 heavy (non-hydrogen) atoms. The zero-order valence-electron chi connectivity index (χ0n) is 14.0. The molecule has 0 N–H and O–H groups in total. The van der Waals surface area contributed by atoms with Gasteiger partial charge in [0.05, 0.1) is 33.8 Å². The molecule has 0 unspecified atom stereocenters. The maximum Gasteiger partial charge on any atom is 0.217 e. The predicted molar refractivity (Wildman–Crippen MR) is 82.2 cm³/mol. The van der Waals surface area contributed by atoms with Crippen molar-refractivity contribution in [3.63, 3.8) is 0 Å². The summed E-state index contributed by atoms with van der Waals surface area (Å²) in [6, 6.07) is 0. The monoisotopic (exact) mass is 311 g/mol. The van der Waals surface area contributed by atoms with Crippen LogP contribution in [0.4, 0.5) is 0 Å². The Kier molecular flexibility index (Phi) is 12.7. The molecule has 0 aliphatic carbocycles. The highest BCUT2D eigenvalue weighted by atomic mass is 32.3. The second-order valence-corrected chi connectivity index (χ2v) is 7.34. The van der Waals surface area contributed by atoms with Crippen LogP contribution in [0.2, 0.25) is 0 Å². The quantitative estimate of drug-likeness (QED) is 0.284. The Hall–Kier alpha value is -0.170. The van der Waals surface area contributed by atoms with Crippen LogP contribution < -0.4 is 0 Å². The molecule has 124 valence electrons. The van der Waals surface area contributed by atoms with Crippen LogP contribution in [0.1, 0.15) is 59.3 Å². The smallest absolute Gasteiger partial charge is 0.217 e. The Balaban J connectivity index is 0. The van der Waals surface area contributed by atoms with Gasteiger partial charge >= 0.3 is 0 Å². The normalized spacial score (nSPS) is 12.2. The van der Waals surface area contributed by atoms with Gasteiger partial charge in [0.25, 0.3) is 0 Å². The first-order valence-corrected chi connectivity index (χ1v) is 8.76. The number of hydrogen-bond acceptors (Lipinski definition) is 4. The van der Waals surface area contributed by atoms with Crippen molar-refractivity contribution in [3.05, 3.63) is 0 Å². The molecule has 0 aliphatic heterocycles. The van der Waals surface area contributed by atoms with Crippen molar-refractivity contribution in [3.8, 4) is 0 Å². The standard InChI is InChI=1S/C11H26N.C3H8O4S/c1-5-6-7-8-9-10-11-12(2,3)4;1-3(2)7-8(4,5)6/h5-11H2,1-4H3;3H,1-2H3,(H,4,5,6)/q+1;/p-1. The van der Waals surface area contributed by atoms with Gasteiger partial charge in [0.2, 0.25) is 10.4 Å². The molecule has 0 amide bonds. The second-order valence-electron chi connectivity index (χ2n) is 6.33. The van der Waals surface area contributed by atoms with E-state index in [-0.39, 0.29) is 0 Å². The predicted octanol–water partition coefficient (Wildman–Crippen LogP) is 2.92. The number of hydrogen-bond donors (Lipinski definition) is 0.